The maximum atomic E-state index is 13.1. The Bertz CT molecular complexity index is 1460. The van der Waals surface area contributed by atoms with Gasteiger partial charge in [-0.3, -0.25) is 9.36 Å². The van der Waals surface area contributed by atoms with E-state index in [0.717, 1.165) is 14.8 Å². The number of rotatable bonds is 8. The molecule has 4 aromatic rings. The number of hydrogen-bond acceptors (Lipinski definition) is 5. The molecule has 0 bridgehead atoms. The molecule has 1 amide bonds. The van der Waals surface area contributed by atoms with E-state index in [1.807, 2.05) is 19.1 Å². The molecule has 0 fully saturated rings. The fraction of sp³-hybridized carbons (Fsp3) is 0.261. The minimum Gasteiger partial charge on any atom is -0.363 e. The van der Waals surface area contributed by atoms with Crippen LogP contribution in [-0.4, -0.2) is 41.2 Å². The Morgan fingerprint density at radius 1 is 1.08 bits per heavy atom. The first-order chi connectivity index (χ1) is 17.1. The van der Waals surface area contributed by atoms with E-state index in [1.54, 1.807) is 36.4 Å². The number of nitrogens with zero attached hydrogens (tertiary/aromatic N) is 6. The van der Waals surface area contributed by atoms with Gasteiger partial charge in [-0.2, -0.15) is 13.2 Å². The Morgan fingerprint density at radius 3 is 2.42 bits per heavy atom. The molecule has 0 aliphatic heterocycles. The van der Waals surface area contributed by atoms with Crippen LogP contribution in [0.2, 0.25) is 5.02 Å². The molecule has 188 valence electrons. The quantitative estimate of drug-likeness (QED) is 0.382. The molecule has 0 saturated carbocycles. The van der Waals surface area contributed by atoms with Crippen molar-refractivity contribution < 1.29 is 18.0 Å². The van der Waals surface area contributed by atoms with Crippen molar-refractivity contribution in [1.29, 1.82) is 0 Å². The van der Waals surface area contributed by atoms with Crippen LogP contribution >= 0.6 is 11.6 Å². The Labute approximate surface area is 207 Å². The predicted octanol–water partition coefficient (Wildman–Crippen LogP) is 3.61. The summed E-state index contributed by atoms with van der Waals surface area (Å²) >= 11 is 5.92. The second kappa shape index (κ2) is 9.97. The Hall–Kier alpha value is -3.93. The monoisotopic (exact) mass is 519 g/mol. The normalized spacial score (nSPS) is 11.7. The van der Waals surface area contributed by atoms with Gasteiger partial charge in [-0.05, 0) is 42.3 Å². The van der Waals surface area contributed by atoms with E-state index in [-0.39, 0.29) is 24.0 Å². The third-order valence-electron chi connectivity index (χ3n) is 5.41. The molecule has 9 nitrogen and oxygen atoms in total. The summed E-state index contributed by atoms with van der Waals surface area (Å²) in [6, 6.07) is 13.4. The first-order valence-electron chi connectivity index (χ1n) is 10.9. The molecule has 2 heterocycles. The maximum Gasteiger partial charge on any atom is 0.390 e. The lowest BCUT2D eigenvalue weighted by Gasteiger charge is -2.08. The maximum absolute atomic E-state index is 13.1. The van der Waals surface area contributed by atoms with Crippen LogP contribution in [0.15, 0.2) is 53.3 Å². The van der Waals surface area contributed by atoms with Crippen LogP contribution in [0.5, 0.6) is 0 Å². The van der Waals surface area contributed by atoms with Gasteiger partial charge in [0.2, 0.25) is 5.82 Å². The molecule has 2 aromatic carbocycles. The van der Waals surface area contributed by atoms with Crippen LogP contribution in [0.3, 0.4) is 0 Å². The van der Waals surface area contributed by atoms with Gasteiger partial charge in [0.1, 0.15) is 6.54 Å². The van der Waals surface area contributed by atoms with Gasteiger partial charge < -0.3 is 5.73 Å². The lowest BCUT2D eigenvalue weighted by Crippen LogP contribution is -2.27. The van der Waals surface area contributed by atoms with Crippen molar-refractivity contribution in [2.75, 3.05) is 0 Å². The molecule has 0 aliphatic rings. The van der Waals surface area contributed by atoms with Crippen molar-refractivity contribution in [3.05, 3.63) is 81.3 Å². The second-order valence-corrected chi connectivity index (χ2v) is 8.33. The minimum absolute atomic E-state index is 0.0341. The van der Waals surface area contributed by atoms with E-state index in [4.69, 9.17) is 17.3 Å². The Morgan fingerprint density at radius 2 is 1.78 bits per heavy atom. The molecule has 2 aromatic heterocycles. The molecular weight excluding hydrogens is 499 g/mol. The number of primary amides is 1. The van der Waals surface area contributed by atoms with Crippen molar-refractivity contribution in [2.24, 2.45) is 5.73 Å². The van der Waals surface area contributed by atoms with Gasteiger partial charge in [0.15, 0.2) is 11.6 Å². The third kappa shape index (κ3) is 5.33. The van der Waals surface area contributed by atoms with E-state index in [1.165, 1.54) is 4.68 Å². The van der Waals surface area contributed by atoms with Crippen LogP contribution < -0.4 is 11.4 Å². The summed E-state index contributed by atoms with van der Waals surface area (Å²) < 4.78 is 42.0. The molecule has 0 saturated heterocycles. The number of carbonyl (C=O) groups is 1. The first kappa shape index (κ1) is 25.2. The fourth-order valence-corrected chi connectivity index (χ4v) is 3.82. The van der Waals surface area contributed by atoms with Crippen LogP contribution in [0.25, 0.3) is 17.1 Å². The van der Waals surface area contributed by atoms with Crippen molar-refractivity contribution in [3.8, 4) is 17.1 Å². The molecule has 36 heavy (non-hydrogen) atoms. The zero-order chi connectivity index (χ0) is 26.0. The van der Waals surface area contributed by atoms with Crippen LogP contribution in [0.4, 0.5) is 13.2 Å². The summed E-state index contributed by atoms with van der Waals surface area (Å²) in [5.41, 5.74) is 6.61. The molecule has 0 radical (unpaired) electrons. The molecular formula is C23H21ClF3N7O2. The zero-order valence-corrected chi connectivity index (χ0v) is 19.8. The zero-order valence-electron chi connectivity index (χ0n) is 19.0. The standard InChI is InChI=1S/C23H21ClF3N7O2/c1-2-14-5-3-4-6-17(14)34-21(19(28)35)29-18(30-34)13-33-22(36)32(12-11-23(25,26)27)20(31-33)15-7-9-16(24)10-8-15/h3-10H,2,11-13H2,1H3,(H2,28,35). The smallest absolute Gasteiger partial charge is 0.363 e. The van der Waals surface area contributed by atoms with E-state index in [0.29, 0.717) is 22.7 Å². The Balaban J connectivity index is 1.76. The van der Waals surface area contributed by atoms with E-state index >= 15 is 0 Å². The minimum atomic E-state index is -4.47. The molecule has 4 rings (SSSR count). The number of aryl methyl sites for hydroxylation is 1. The summed E-state index contributed by atoms with van der Waals surface area (Å²) in [6.45, 7) is 1.02. The topological polar surface area (TPSA) is 114 Å². The highest BCUT2D eigenvalue weighted by atomic mass is 35.5. The molecule has 0 atom stereocenters. The van der Waals surface area contributed by atoms with Gasteiger partial charge in [-0.25, -0.2) is 19.1 Å². The summed E-state index contributed by atoms with van der Waals surface area (Å²) in [4.78, 5) is 29.3. The summed E-state index contributed by atoms with van der Waals surface area (Å²) in [5, 5.41) is 9.02. The summed E-state index contributed by atoms with van der Waals surface area (Å²) in [6.07, 6.45) is -5.04. The molecule has 0 unspecified atom stereocenters. The van der Waals surface area contributed by atoms with E-state index < -0.39 is 30.7 Å². The van der Waals surface area contributed by atoms with E-state index in [2.05, 4.69) is 15.2 Å². The summed E-state index contributed by atoms with van der Waals surface area (Å²) in [7, 11) is 0. The first-order valence-corrected chi connectivity index (χ1v) is 11.3. The second-order valence-electron chi connectivity index (χ2n) is 7.90. The molecule has 0 aliphatic carbocycles. The van der Waals surface area contributed by atoms with Gasteiger partial charge >= 0.3 is 11.9 Å². The highest BCUT2D eigenvalue weighted by Crippen LogP contribution is 2.23. The average Bonchev–Trinajstić information content (AvgIpc) is 3.39. The number of halogens is 4. The van der Waals surface area contributed by atoms with Crippen LogP contribution in [0, 0.1) is 0 Å². The van der Waals surface area contributed by atoms with Crippen molar-refractivity contribution >= 4 is 17.5 Å². The molecule has 13 heteroatoms. The summed E-state index contributed by atoms with van der Waals surface area (Å²) in [5.74, 6) is -0.898. The largest absolute Gasteiger partial charge is 0.390 e. The lowest BCUT2D eigenvalue weighted by molar-refractivity contribution is -0.136. The fourth-order valence-electron chi connectivity index (χ4n) is 3.70. The third-order valence-corrected chi connectivity index (χ3v) is 5.66. The number of benzene rings is 2. The van der Waals surface area contributed by atoms with Crippen molar-refractivity contribution in [1.82, 2.24) is 29.1 Å². The van der Waals surface area contributed by atoms with Gasteiger partial charge in [0, 0.05) is 17.1 Å². The SMILES string of the molecule is CCc1ccccc1-n1nc(Cn2nc(-c3ccc(Cl)cc3)n(CCC(F)(F)F)c2=O)nc1C(N)=O. The number of hydrogen-bond donors (Lipinski definition) is 1. The number of nitrogens with two attached hydrogens (primary N) is 1. The highest BCUT2D eigenvalue weighted by Gasteiger charge is 2.29. The number of para-hydroxylation sites is 1. The number of carbonyl (C=O) groups excluding carboxylic acids is 1. The molecule has 2 N–H and O–H groups in total. The van der Waals surface area contributed by atoms with Gasteiger partial charge in [-0.1, -0.05) is 36.7 Å². The number of amides is 1. The lowest BCUT2D eigenvalue weighted by atomic mass is 10.1. The number of aromatic nitrogens is 6. The van der Waals surface area contributed by atoms with E-state index in [9.17, 15) is 22.8 Å². The Kier molecular flexibility index (Phi) is 6.97. The van der Waals surface area contributed by atoms with Crippen LogP contribution in [0.1, 0.15) is 35.4 Å². The van der Waals surface area contributed by atoms with Crippen LogP contribution in [-0.2, 0) is 19.5 Å². The van der Waals surface area contributed by atoms with Gasteiger partial charge in [0.05, 0.1) is 12.1 Å². The highest BCUT2D eigenvalue weighted by molar-refractivity contribution is 6.30. The number of alkyl halides is 3. The van der Waals surface area contributed by atoms with Crippen molar-refractivity contribution in [2.45, 2.75) is 39.0 Å². The average molecular weight is 520 g/mol. The van der Waals surface area contributed by atoms with Gasteiger partial charge in [0.25, 0.3) is 5.91 Å². The van der Waals surface area contributed by atoms with Gasteiger partial charge in [-0.15, -0.1) is 10.2 Å². The van der Waals surface area contributed by atoms with Crippen molar-refractivity contribution in [3.63, 3.8) is 0 Å². The predicted molar refractivity (Wildman–Crippen MR) is 126 cm³/mol. The molecule has 0 spiro atoms.